The second-order valence-electron chi connectivity index (χ2n) is 8.44. The van der Waals surface area contributed by atoms with Gasteiger partial charge in [0, 0.05) is 49.7 Å². The highest BCUT2D eigenvalue weighted by Gasteiger charge is 2.41. The second kappa shape index (κ2) is 9.20. The molecular formula is C25H31N3O4. The molecule has 32 heavy (non-hydrogen) atoms. The first-order chi connectivity index (χ1) is 15.4. The van der Waals surface area contributed by atoms with E-state index in [-0.39, 0.29) is 17.9 Å². The zero-order valence-electron chi connectivity index (χ0n) is 18.9. The van der Waals surface area contributed by atoms with Gasteiger partial charge in [0.05, 0.1) is 13.7 Å². The number of methoxy groups -OCH3 is 1. The summed E-state index contributed by atoms with van der Waals surface area (Å²) in [6.45, 7) is 5.37. The number of aromatic hydroxyl groups is 1. The van der Waals surface area contributed by atoms with Gasteiger partial charge in [-0.25, -0.2) is 4.79 Å². The number of nitrogens with zero attached hydrogens (tertiary/aromatic N) is 2. The molecule has 0 aromatic heterocycles. The summed E-state index contributed by atoms with van der Waals surface area (Å²) < 4.78 is 10.5. The van der Waals surface area contributed by atoms with Crippen molar-refractivity contribution in [1.29, 1.82) is 0 Å². The van der Waals surface area contributed by atoms with Crippen molar-refractivity contribution >= 4 is 11.8 Å². The number of amides is 1. The summed E-state index contributed by atoms with van der Waals surface area (Å²) in [5, 5.41) is 14.5. The maximum atomic E-state index is 12.2. The smallest absolute Gasteiger partial charge is 0.409 e. The highest BCUT2D eigenvalue weighted by Crippen LogP contribution is 2.40. The minimum Gasteiger partial charge on any atom is -0.504 e. The Kier molecular flexibility index (Phi) is 6.37. The van der Waals surface area contributed by atoms with Crippen LogP contribution in [0.2, 0.25) is 0 Å². The van der Waals surface area contributed by atoms with Crippen LogP contribution in [-0.2, 0) is 4.74 Å². The number of phenols is 1. The van der Waals surface area contributed by atoms with Gasteiger partial charge in [0.15, 0.2) is 11.5 Å². The summed E-state index contributed by atoms with van der Waals surface area (Å²) in [6.07, 6.45) is 1.71. The molecule has 1 atom stereocenters. The van der Waals surface area contributed by atoms with Crippen molar-refractivity contribution in [3.8, 4) is 11.5 Å². The zero-order valence-corrected chi connectivity index (χ0v) is 18.9. The summed E-state index contributed by atoms with van der Waals surface area (Å²) in [6, 6.07) is 13.8. The van der Waals surface area contributed by atoms with E-state index in [1.165, 1.54) is 5.56 Å². The number of likely N-dealkylation sites (tertiary alicyclic amines) is 1. The average molecular weight is 438 g/mol. The maximum absolute atomic E-state index is 12.2. The normalized spacial score (nSPS) is 20.0. The SMILES string of the molecule is CCOC(=O)N1CCC2(CC1)N=C(c1ccc(C)cc1)C[C@H](c1cccc(OC)c1O)N2. The molecule has 0 bridgehead atoms. The Morgan fingerprint density at radius 2 is 1.94 bits per heavy atom. The first-order valence-corrected chi connectivity index (χ1v) is 11.2. The molecule has 0 unspecified atom stereocenters. The molecule has 1 amide bonds. The van der Waals surface area contributed by atoms with Crippen LogP contribution in [0.1, 0.15) is 48.9 Å². The van der Waals surface area contributed by atoms with Gasteiger partial charge in [0.25, 0.3) is 0 Å². The Morgan fingerprint density at radius 1 is 1.22 bits per heavy atom. The van der Waals surface area contributed by atoms with Gasteiger partial charge in [-0.05, 0) is 25.5 Å². The third-order valence-corrected chi connectivity index (χ3v) is 6.32. The minimum atomic E-state index is -0.512. The minimum absolute atomic E-state index is 0.131. The second-order valence-corrected chi connectivity index (χ2v) is 8.44. The van der Waals surface area contributed by atoms with E-state index in [4.69, 9.17) is 14.5 Å². The third-order valence-electron chi connectivity index (χ3n) is 6.32. The number of benzene rings is 2. The molecule has 0 aliphatic carbocycles. The van der Waals surface area contributed by atoms with Gasteiger partial charge in [0.2, 0.25) is 0 Å². The van der Waals surface area contributed by atoms with Crippen molar-refractivity contribution in [3.63, 3.8) is 0 Å². The van der Waals surface area contributed by atoms with E-state index in [1.54, 1.807) is 18.1 Å². The Balaban J connectivity index is 1.67. The van der Waals surface area contributed by atoms with Crippen molar-refractivity contribution in [3.05, 3.63) is 59.2 Å². The van der Waals surface area contributed by atoms with Crippen LogP contribution >= 0.6 is 0 Å². The quantitative estimate of drug-likeness (QED) is 0.750. The topological polar surface area (TPSA) is 83.4 Å². The molecule has 2 heterocycles. The summed E-state index contributed by atoms with van der Waals surface area (Å²) in [7, 11) is 1.55. The molecular weight excluding hydrogens is 406 g/mol. The van der Waals surface area contributed by atoms with Crippen LogP contribution in [0, 0.1) is 6.92 Å². The number of nitrogens with one attached hydrogen (secondary N) is 1. The number of phenolic OH excluding ortho intramolecular Hbond substituents is 1. The summed E-state index contributed by atoms with van der Waals surface area (Å²) in [5.41, 5.74) is 3.55. The number of ether oxygens (including phenoxy) is 2. The fourth-order valence-corrected chi connectivity index (χ4v) is 4.54. The molecule has 2 aromatic carbocycles. The van der Waals surface area contributed by atoms with Gasteiger partial charge < -0.3 is 19.5 Å². The fraction of sp³-hybridized carbons (Fsp3) is 0.440. The molecule has 1 saturated heterocycles. The van der Waals surface area contributed by atoms with Crippen molar-refractivity contribution in [2.75, 3.05) is 26.8 Å². The average Bonchev–Trinajstić information content (AvgIpc) is 2.80. The summed E-state index contributed by atoms with van der Waals surface area (Å²) in [4.78, 5) is 19.1. The van der Waals surface area contributed by atoms with Crippen LogP contribution in [0.5, 0.6) is 11.5 Å². The van der Waals surface area contributed by atoms with E-state index in [0.717, 1.165) is 16.8 Å². The predicted molar refractivity (Wildman–Crippen MR) is 123 cm³/mol. The molecule has 1 fully saturated rings. The molecule has 2 N–H and O–H groups in total. The van der Waals surface area contributed by atoms with Crippen LogP contribution in [-0.4, -0.2) is 54.3 Å². The molecule has 7 nitrogen and oxygen atoms in total. The Bertz CT molecular complexity index is 995. The third kappa shape index (κ3) is 4.43. The number of carbonyl (C=O) groups is 1. The van der Waals surface area contributed by atoms with Crippen molar-refractivity contribution in [2.24, 2.45) is 4.99 Å². The van der Waals surface area contributed by atoms with Crippen LogP contribution in [0.25, 0.3) is 0 Å². The number of aliphatic imine (C=N–C) groups is 1. The number of para-hydroxylation sites is 1. The van der Waals surface area contributed by atoms with E-state index in [1.807, 2.05) is 19.1 Å². The predicted octanol–water partition coefficient (Wildman–Crippen LogP) is 4.18. The lowest BCUT2D eigenvalue weighted by atomic mass is 9.87. The first-order valence-electron chi connectivity index (χ1n) is 11.2. The Morgan fingerprint density at radius 3 is 2.59 bits per heavy atom. The number of hydrogen-bond acceptors (Lipinski definition) is 6. The summed E-state index contributed by atoms with van der Waals surface area (Å²) >= 11 is 0. The Labute approximate surface area is 189 Å². The molecule has 2 aliphatic rings. The highest BCUT2D eigenvalue weighted by atomic mass is 16.6. The highest BCUT2D eigenvalue weighted by molar-refractivity contribution is 6.01. The van der Waals surface area contributed by atoms with Gasteiger partial charge in [-0.1, -0.05) is 42.0 Å². The lowest BCUT2D eigenvalue weighted by Crippen LogP contribution is -2.56. The van der Waals surface area contributed by atoms with E-state index >= 15 is 0 Å². The van der Waals surface area contributed by atoms with Crippen molar-refractivity contribution in [2.45, 2.75) is 44.8 Å². The van der Waals surface area contributed by atoms with Gasteiger partial charge in [-0.15, -0.1) is 0 Å². The van der Waals surface area contributed by atoms with Crippen LogP contribution in [0.15, 0.2) is 47.5 Å². The molecule has 1 spiro atoms. The molecule has 0 radical (unpaired) electrons. The molecule has 2 aliphatic heterocycles. The van der Waals surface area contributed by atoms with Gasteiger partial charge in [-0.2, -0.15) is 0 Å². The number of rotatable bonds is 4. The Hall–Kier alpha value is -3.06. The molecule has 0 saturated carbocycles. The van der Waals surface area contributed by atoms with Crippen molar-refractivity contribution < 1.29 is 19.4 Å². The fourth-order valence-electron chi connectivity index (χ4n) is 4.54. The number of hydrogen-bond donors (Lipinski definition) is 2. The van der Waals surface area contributed by atoms with E-state index < -0.39 is 5.66 Å². The maximum Gasteiger partial charge on any atom is 0.409 e. The van der Waals surface area contributed by atoms with Crippen LogP contribution < -0.4 is 10.1 Å². The molecule has 4 rings (SSSR count). The lowest BCUT2D eigenvalue weighted by molar-refractivity contribution is 0.0778. The number of aryl methyl sites for hydroxylation is 1. The summed E-state index contributed by atoms with van der Waals surface area (Å²) in [5.74, 6) is 0.603. The molecule has 7 heteroatoms. The monoisotopic (exact) mass is 437 g/mol. The van der Waals surface area contributed by atoms with Crippen molar-refractivity contribution in [1.82, 2.24) is 10.2 Å². The zero-order chi connectivity index (χ0) is 22.7. The van der Waals surface area contributed by atoms with Crippen LogP contribution in [0.3, 0.4) is 0 Å². The van der Waals surface area contributed by atoms with E-state index in [9.17, 15) is 9.90 Å². The van der Waals surface area contributed by atoms with E-state index in [2.05, 4.69) is 36.5 Å². The lowest BCUT2D eigenvalue weighted by Gasteiger charge is -2.45. The van der Waals surface area contributed by atoms with Gasteiger partial charge >= 0.3 is 6.09 Å². The van der Waals surface area contributed by atoms with E-state index in [0.29, 0.717) is 44.7 Å². The number of piperidine rings is 1. The van der Waals surface area contributed by atoms with Gasteiger partial charge in [0.1, 0.15) is 5.66 Å². The first kappa shape index (κ1) is 22.1. The largest absolute Gasteiger partial charge is 0.504 e. The van der Waals surface area contributed by atoms with Gasteiger partial charge in [-0.3, -0.25) is 10.3 Å². The number of carbonyl (C=O) groups excluding carboxylic acids is 1. The molecule has 2 aromatic rings. The van der Waals surface area contributed by atoms with Crippen LogP contribution in [0.4, 0.5) is 4.79 Å². The standard InChI is InChI=1S/C25H31N3O4/c1-4-32-24(30)28-14-12-25(13-15-28)26-20(18-10-8-17(2)9-11-18)16-21(27-25)19-6-5-7-22(31-3)23(19)29/h5-11,21,27,29H,4,12-16H2,1-3H3/t21-/m1/s1. The molecule has 170 valence electrons.